The summed E-state index contributed by atoms with van der Waals surface area (Å²) < 4.78 is 13.0. The molecular formula is C12H9FN2O2S. The maximum atomic E-state index is 13.0. The van der Waals surface area contributed by atoms with Crippen LogP contribution in [0.1, 0.15) is 10.5 Å². The van der Waals surface area contributed by atoms with Crippen molar-refractivity contribution >= 4 is 23.4 Å². The topological polar surface area (TPSA) is 76.2 Å². The van der Waals surface area contributed by atoms with Gasteiger partial charge in [-0.05, 0) is 24.3 Å². The molecule has 1 aromatic heterocycles. The van der Waals surface area contributed by atoms with Crippen LogP contribution >= 0.6 is 11.8 Å². The summed E-state index contributed by atoms with van der Waals surface area (Å²) in [6, 6.07) is 7.58. The molecule has 0 atom stereocenters. The quantitative estimate of drug-likeness (QED) is 0.891. The molecule has 0 radical (unpaired) electrons. The van der Waals surface area contributed by atoms with Crippen molar-refractivity contribution in [1.29, 1.82) is 0 Å². The summed E-state index contributed by atoms with van der Waals surface area (Å²) in [5.74, 6) is -1.50. The van der Waals surface area contributed by atoms with Crippen LogP contribution in [-0.2, 0) is 0 Å². The molecule has 0 saturated carbocycles. The molecule has 92 valence electrons. The molecule has 6 heteroatoms. The average molecular weight is 264 g/mol. The van der Waals surface area contributed by atoms with E-state index >= 15 is 0 Å². The van der Waals surface area contributed by atoms with E-state index in [1.165, 1.54) is 36.2 Å². The zero-order valence-electron chi connectivity index (χ0n) is 9.13. The van der Waals surface area contributed by atoms with Crippen LogP contribution in [0.3, 0.4) is 0 Å². The number of nitrogens with two attached hydrogens (primary N) is 1. The number of aromatic carboxylic acids is 1. The van der Waals surface area contributed by atoms with Crippen molar-refractivity contribution in [3.63, 3.8) is 0 Å². The third kappa shape index (κ3) is 2.78. The number of anilines is 1. The second kappa shape index (κ2) is 5.05. The molecule has 1 aromatic carbocycles. The molecule has 3 N–H and O–H groups in total. The van der Waals surface area contributed by atoms with Crippen molar-refractivity contribution in [2.75, 3.05) is 5.73 Å². The molecule has 0 unspecified atom stereocenters. The predicted molar refractivity (Wildman–Crippen MR) is 66.1 cm³/mol. The second-order valence-electron chi connectivity index (χ2n) is 3.47. The maximum Gasteiger partial charge on any atom is 0.356 e. The van der Waals surface area contributed by atoms with Gasteiger partial charge in [-0.2, -0.15) is 0 Å². The molecule has 2 aromatic rings. The molecule has 0 amide bonds. The van der Waals surface area contributed by atoms with Crippen molar-refractivity contribution < 1.29 is 14.3 Å². The highest BCUT2D eigenvalue weighted by molar-refractivity contribution is 7.99. The van der Waals surface area contributed by atoms with Gasteiger partial charge in [-0.1, -0.05) is 17.8 Å². The minimum absolute atomic E-state index is 0.0869. The molecule has 0 bridgehead atoms. The fourth-order valence-electron chi connectivity index (χ4n) is 1.36. The molecule has 2 rings (SSSR count). The van der Waals surface area contributed by atoms with Gasteiger partial charge >= 0.3 is 5.97 Å². The molecule has 0 saturated heterocycles. The first-order valence-electron chi connectivity index (χ1n) is 4.98. The summed E-state index contributed by atoms with van der Waals surface area (Å²) in [4.78, 5) is 15.8. The second-order valence-corrected chi connectivity index (χ2v) is 4.62. The first kappa shape index (κ1) is 12.4. The number of carboxylic acids is 1. The fraction of sp³-hybridized carbons (Fsp3) is 0. The Bertz CT molecular complexity index is 604. The maximum absolute atomic E-state index is 13.0. The number of hydrogen-bond donors (Lipinski definition) is 2. The third-order valence-corrected chi connectivity index (χ3v) is 3.08. The van der Waals surface area contributed by atoms with E-state index in [4.69, 9.17) is 10.8 Å². The Labute approximate surface area is 107 Å². The van der Waals surface area contributed by atoms with Crippen molar-refractivity contribution in [1.82, 2.24) is 4.98 Å². The largest absolute Gasteiger partial charge is 0.476 e. The Morgan fingerprint density at radius 1 is 1.33 bits per heavy atom. The van der Waals surface area contributed by atoms with E-state index in [9.17, 15) is 9.18 Å². The van der Waals surface area contributed by atoms with Crippen LogP contribution in [0.25, 0.3) is 0 Å². The first-order valence-corrected chi connectivity index (χ1v) is 5.80. The minimum atomic E-state index is -1.17. The minimum Gasteiger partial charge on any atom is -0.476 e. The van der Waals surface area contributed by atoms with Gasteiger partial charge in [0.25, 0.3) is 0 Å². The van der Waals surface area contributed by atoms with Crippen molar-refractivity contribution in [2.24, 2.45) is 0 Å². The highest BCUT2D eigenvalue weighted by atomic mass is 32.2. The van der Waals surface area contributed by atoms with Crippen LogP contribution in [0.5, 0.6) is 0 Å². The number of pyridine rings is 1. The van der Waals surface area contributed by atoms with Gasteiger partial charge in [0.1, 0.15) is 5.82 Å². The number of rotatable bonds is 3. The number of carbonyl (C=O) groups is 1. The molecule has 0 fully saturated rings. The van der Waals surface area contributed by atoms with Gasteiger partial charge in [-0.25, -0.2) is 14.2 Å². The number of nitrogens with zero attached hydrogens (tertiary/aromatic N) is 1. The highest BCUT2D eigenvalue weighted by Gasteiger charge is 2.10. The zero-order valence-corrected chi connectivity index (χ0v) is 9.95. The van der Waals surface area contributed by atoms with E-state index in [2.05, 4.69) is 4.98 Å². The third-order valence-electron chi connectivity index (χ3n) is 2.13. The summed E-state index contributed by atoms with van der Waals surface area (Å²) in [5, 5.41) is 8.78. The van der Waals surface area contributed by atoms with Gasteiger partial charge < -0.3 is 10.8 Å². The average Bonchev–Trinajstić information content (AvgIpc) is 2.28. The monoisotopic (exact) mass is 264 g/mol. The highest BCUT2D eigenvalue weighted by Crippen LogP contribution is 2.29. The fourth-order valence-corrected chi connectivity index (χ4v) is 2.24. The van der Waals surface area contributed by atoms with E-state index in [0.717, 1.165) is 0 Å². The van der Waals surface area contributed by atoms with Gasteiger partial charge in [0.15, 0.2) is 5.69 Å². The van der Waals surface area contributed by atoms with E-state index < -0.39 is 5.97 Å². The van der Waals surface area contributed by atoms with E-state index in [1.807, 2.05) is 0 Å². The lowest BCUT2D eigenvalue weighted by atomic mass is 10.3. The van der Waals surface area contributed by atoms with Gasteiger partial charge in [-0.15, -0.1) is 0 Å². The van der Waals surface area contributed by atoms with Crippen molar-refractivity contribution in [3.8, 4) is 0 Å². The van der Waals surface area contributed by atoms with Gasteiger partial charge in [-0.3, -0.25) is 0 Å². The summed E-state index contributed by atoms with van der Waals surface area (Å²) >= 11 is 1.26. The predicted octanol–water partition coefficient (Wildman–Crippen LogP) is 2.65. The summed E-state index contributed by atoms with van der Waals surface area (Å²) in [7, 11) is 0. The van der Waals surface area contributed by atoms with Gasteiger partial charge in [0.2, 0.25) is 0 Å². The molecule has 0 spiro atoms. The first-order chi connectivity index (χ1) is 8.56. The molecule has 18 heavy (non-hydrogen) atoms. The number of benzene rings is 1. The number of hydrogen-bond acceptors (Lipinski definition) is 4. The Morgan fingerprint density at radius 2 is 2.11 bits per heavy atom. The molecule has 0 aliphatic heterocycles. The number of carboxylic acid groups (broad SMARTS) is 1. The van der Waals surface area contributed by atoms with Crippen molar-refractivity contribution in [3.05, 3.63) is 48.0 Å². The molecule has 0 aliphatic carbocycles. The summed E-state index contributed by atoms with van der Waals surface area (Å²) in [6.07, 6.45) is 1.40. The smallest absolute Gasteiger partial charge is 0.356 e. The van der Waals surface area contributed by atoms with Crippen LogP contribution in [0.2, 0.25) is 0 Å². The van der Waals surface area contributed by atoms with E-state index in [-0.39, 0.29) is 17.2 Å². The number of aromatic nitrogens is 1. The lowest BCUT2D eigenvalue weighted by molar-refractivity contribution is 0.0691. The molecule has 1 heterocycles. The molecule has 0 aliphatic rings. The molecule has 4 nitrogen and oxygen atoms in total. The Hall–Kier alpha value is -2.08. The van der Waals surface area contributed by atoms with Crippen LogP contribution in [0, 0.1) is 5.82 Å². The summed E-state index contributed by atoms with van der Waals surface area (Å²) in [5.41, 5.74) is 5.48. The Balaban J connectivity index is 2.25. The van der Waals surface area contributed by atoms with E-state index in [0.29, 0.717) is 9.79 Å². The van der Waals surface area contributed by atoms with Crippen LogP contribution < -0.4 is 5.73 Å². The van der Waals surface area contributed by atoms with Crippen LogP contribution in [0.4, 0.5) is 10.1 Å². The normalized spacial score (nSPS) is 10.3. The van der Waals surface area contributed by atoms with Gasteiger partial charge in [0.05, 0.1) is 5.69 Å². The van der Waals surface area contributed by atoms with Crippen LogP contribution in [0.15, 0.2) is 46.3 Å². The lowest BCUT2D eigenvalue weighted by Crippen LogP contribution is -2.05. The number of nitrogen functional groups attached to an aromatic ring is 1. The lowest BCUT2D eigenvalue weighted by Gasteiger charge is -2.04. The van der Waals surface area contributed by atoms with Crippen LogP contribution in [-0.4, -0.2) is 16.1 Å². The Morgan fingerprint density at radius 3 is 2.72 bits per heavy atom. The molecular weight excluding hydrogens is 255 g/mol. The standard InChI is InChI=1S/C12H9FN2O2S/c13-7-2-1-3-8(4-7)18-9-5-10(14)11(12(16)17)15-6-9/h1-6H,14H2,(H,16,17). The van der Waals surface area contributed by atoms with E-state index in [1.54, 1.807) is 12.1 Å². The Kier molecular flexibility index (Phi) is 3.47. The van der Waals surface area contributed by atoms with Crippen molar-refractivity contribution in [2.45, 2.75) is 9.79 Å². The SMILES string of the molecule is Nc1cc(Sc2cccc(F)c2)cnc1C(=O)O. The summed E-state index contributed by atoms with van der Waals surface area (Å²) in [6.45, 7) is 0. The number of halogens is 1. The van der Waals surface area contributed by atoms with Gasteiger partial charge in [0, 0.05) is 16.0 Å². The zero-order chi connectivity index (χ0) is 13.1.